The van der Waals surface area contributed by atoms with E-state index >= 15 is 0 Å². The van der Waals surface area contributed by atoms with Gasteiger partial charge in [-0.25, -0.2) is 0 Å². The van der Waals surface area contributed by atoms with Crippen molar-refractivity contribution in [3.8, 4) is 0 Å². The molecule has 0 aromatic heterocycles. The fourth-order valence-electron chi connectivity index (χ4n) is 2.53. The van der Waals surface area contributed by atoms with E-state index in [9.17, 15) is 4.79 Å². The molecule has 0 spiro atoms. The van der Waals surface area contributed by atoms with Crippen LogP contribution in [0.15, 0.2) is 30.3 Å². The van der Waals surface area contributed by atoms with Gasteiger partial charge in [0, 0.05) is 18.4 Å². The van der Waals surface area contributed by atoms with E-state index in [0.29, 0.717) is 12.8 Å². The topological polar surface area (TPSA) is 43.1 Å². The average molecular weight is 217 g/mol. The first kappa shape index (κ1) is 11.3. The molecule has 1 aromatic rings. The van der Waals surface area contributed by atoms with Gasteiger partial charge in [-0.2, -0.15) is 0 Å². The van der Waals surface area contributed by atoms with E-state index in [-0.39, 0.29) is 11.3 Å². The Labute approximate surface area is 96.8 Å². The standard InChI is InChI=1S/C14H19NO/c15-14(8-4-5-9-14)11-13(16)10-12-6-2-1-3-7-12/h1-3,6-7H,4-5,8-11,15H2. The van der Waals surface area contributed by atoms with E-state index in [2.05, 4.69) is 0 Å². The van der Waals surface area contributed by atoms with E-state index in [0.717, 1.165) is 18.4 Å². The van der Waals surface area contributed by atoms with E-state index in [4.69, 9.17) is 5.73 Å². The van der Waals surface area contributed by atoms with Crippen molar-refractivity contribution in [1.82, 2.24) is 0 Å². The van der Waals surface area contributed by atoms with E-state index in [1.54, 1.807) is 0 Å². The lowest BCUT2D eigenvalue weighted by Gasteiger charge is -2.22. The second kappa shape index (κ2) is 4.79. The van der Waals surface area contributed by atoms with Gasteiger partial charge in [-0.15, -0.1) is 0 Å². The van der Waals surface area contributed by atoms with Gasteiger partial charge in [0.25, 0.3) is 0 Å². The molecule has 0 amide bonds. The van der Waals surface area contributed by atoms with Gasteiger partial charge >= 0.3 is 0 Å². The van der Waals surface area contributed by atoms with Crippen molar-refractivity contribution in [2.75, 3.05) is 0 Å². The van der Waals surface area contributed by atoms with Crippen molar-refractivity contribution in [1.29, 1.82) is 0 Å². The van der Waals surface area contributed by atoms with Crippen LogP contribution in [0.1, 0.15) is 37.7 Å². The highest BCUT2D eigenvalue weighted by molar-refractivity contribution is 5.82. The number of ketones is 1. The molecule has 2 rings (SSSR count). The van der Waals surface area contributed by atoms with Crippen molar-refractivity contribution in [2.24, 2.45) is 5.73 Å². The number of carbonyl (C=O) groups is 1. The van der Waals surface area contributed by atoms with E-state index in [1.165, 1.54) is 12.8 Å². The summed E-state index contributed by atoms with van der Waals surface area (Å²) >= 11 is 0. The van der Waals surface area contributed by atoms with Gasteiger partial charge in [0.05, 0.1) is 0 Å². The summed E-state index contributed by atoms with van der Waals surface area (Å²) in [7, 11) is 0. The predicted octanol–water partition coefficient (Wildman–Crippen LogP) is 2.46. The summed E-state index contributed by atoms with van der Waals surface area (Å²) in [5, 5.41) is 0. The number of carbonyl (C=O) groups excluding carboxylic acids is 1. The van der Waals surface area contributed by atoms with Crippen LogP contribution in [0.2, 0.25) is 0 Å². The number of hydrogen-bond acceptors (Lipinski definition) is 2. The van der Waals surface area contributed by atoms with Gasteiger partial charge in [-0.1, -0.05) is 43.2 Å². The van der Waals surface area contributed by atoms with Crippen LogP contribution >= 0.6 is 0 Å². The largest absolute Gasteiger partial charge is 0.325 e. The van der Waals surface area contributed by atoms with E-state index < -0.39 is 0 Å². The monoisotopic (exact) mass is 217 g/mol. The minimum Gasteiger partial charge on any atom is -0.325 e. The first-order valence-corrected chi connectivity index (χ1v) is 6.02. The molecule has 1 fully saturated rings. The van der Waals surface area contributed by atoms with Crippen LogP contribution in [-0.2, 0) is 11.2 Å². The Hall–Kier alpha value is -1.15. The number of hydrogen-bond donors (Lipinski definition) is 1. The highest BCUT2D eigenvalue weighted by Crippen LogP contribution is 2.30. The van der Waals surface area contributed by atoms with Crippen LogP contribution in [0.3, 0.4) is 0 Å². The molecule has 0 unspecified atom stereocenters. The van der Waals surface area contributed by atoms with Gasteiger partial charge in [0.2, 0.25) is 0 Å². The molecule has 0 radical (unpaired) electrons. The predicted molar refractivity (Wildman–Crippen MR) is 65.2 cm³/mol. The molecule has 0 aliphatic heterocycles. The normalized spacial score (nSPS) is 18.6. The highest BCUT2D eigenvalue weighted by Gasteiger charge is 2.31. The molecule has 0 bridgehead atoms. The van der Waals surface area contributed by atoms with Crippen LogP contribution in [0.5, 0.6) is 0 Å². The van der Waals surface area contributed by atoms with Gasteiger partial charge < -0.3 is 5.73 Å². The Bertz CT molecular complexity index is 352. The fraction of sp³-hybridized carbons (Fsp3) is 0.500. The molecule has 1 saturated carbocycles. The van der Waals surface area contributed by atoms with Crippen molar-refractivity contribution in [3.05, 3.63) is 35.9 Å². The van der Waals surface area contributed by atoms with Gasteiger partial charge in [0.1, 0.15) is 5.78 Å². The lowest BCUT2D eigenvalue weighted by molar-refractivity contribution is -0.119. The van der Waals surface area contributed by atoms with Crippen molar-refractivity contribution < 1.29 is 4.79 Å². The smallest absolute Gasteiger partial charge is 0.139 e. The maximum atomic E-state index is 11.9. The molecular weight excluding hydrogens is 198 g/mol. The zero-order chi connectivity index (χ0) is 11.4. The molecule has 2 N–H and O–H groups in total. The SMILES string of the molecule is NC1(CC(=O)Cc2ccccc2)CCCC1. The van der Waals surface area contributed by atoms with Crippen LogP contribution in [-0.4, -0.2) is 11.3 Å². The Morgan fingerprint density at radius 3 is 2.44 bits per heavy atom. The van der Waals surface area contributed by atoms with Gasteiger partial charge in [-0.05, 0) is 18.4 Å². The first-order valence-electron chi connectivity index (χ1n) is 6.02. The Kier molecular flexibility index (Phi) is 3.39. The number of Topliss-reactive ketones (excluding diaryl/α,β-unsaturated/α-hetero) is 1. The molecule has 0 heterocycles. The number of rotatable bonds is 4. The zero-order valence-electron chi connectivity index (χ0n) is 9.61. The van der Waals surface area contributed by atoms with Crippen molar-refractivity contribution in [3.63, 3.8) is 0 Å². The quantitative estimate of drug-likeness (QED) is 0.841. The minimum atomic E-state index is -0.203. The molecular formula is C14H19NO. The third-order valence-electron chi connectivity index (χ3n) is 3.39. The molecule has 0 atom stereocenters. The second-order valence-electron chi connectivity index (χ2n) is 4.95. The van der Waals surface area contributed by atoms with Crippen molar-refractivity contribution in [2.45, 2.75) is 44.1 Å². The van der Waals surface area contributed by atoms with Crippen LogP contribution < -0.4 is 5.73 Å². The Balaban J connectivity index is 1.89. The number of benzene rings is 1. The van der Waals surface area contributed by atoms with Crippen molar-refractivity contribution >= 4 is 5.78 Å². The maximum Gasteiger partial charge on any atom is 0.139 e. The molecule has 1 aliphatic rings. The second-order valence-corrected chi connectivity index (χ2v) is 4.95. The number of nitrogens with two attached hydrogens (primary N) is 1. The molecule has 86 valence electrons. The van der Waals surface area contributed by atoms with Crippen LogP contribution in [0.25, 0.3) is 0 Å². The maximum absolute atomic E-state index is 11.9. The molecule has 1 aliphatic carbocycles. The third-order valence-corrected chi connectivity index (χ3v) is 3.39. The molecule has 2 heteroatoms. The summed E-state index contributed by atoms with van der Waals surface area (Å²) in [5.41, 5.74) is 7.08. The van der Waals surface area contributed by atoms with E-state index in [1.807, 2.05) is 30.3 Å². The van der Waals surface area contributed by atoms with Crippen LogP contribution in [0.4, 0.5) is 0 Å². The molecule has 1 aromatic carbocycles. The van der Waals surface area contributed by atoms with Gasteiger partial charge in [0.15, 0.2) is 0 Å². The lowest BCUT2D eigenvalue weighted by atomic mass is 9.90. The molecule has 2 nitrogen and oxygen atoms in total. The lowest BCUT2D eigenvalue weighted by Crippen LogP contribution is -2.39. The summed E-state index contributed by atoms with van der Waals surface area (Å²) < 4.78 is 0. The molecule has 0 saturated heterocycles. The Morgan fingerprint density at radius 2 is 1.81 bits per heavy atom. The molecule has 16 heavy (non-hydrogen) atoms. The summed E-state index contributed by atoms with van der Waals surface area (Å²) in [6.07, 6.45) is 5.44. The average Bonchev–Trinajstić information content (AvgIpc) is 2.66. The summed E-state index contributed by atoms with van der Waals surface area (Å²) in [5.74, 6) is 0.274. The summed E-state index contributed by atoms with van der Waals surface area (Å²) in [6, 6.07) is 9.90. The zero-order valence-corrected chi connectivity index (χ0v) is 9.61. The summed E-state index contributed by atoms with van der Waals surface area (Å²) in [4.78, 5) is 11.9. The third kappa shape index (κ3) is 2.92. The Morgan fingerprint density at radius 1 is 1.19 bits per heavy atom. The van der Waals surface area contributed by atoms with Crippen LogP contribution in [0, 0.1) is 0 Å². The van der Waals surface area contributed by atoms with Gasteiger partial charge in [-0.3, -0.25) is 4.79 Å². The fourth-order valence-corrected chi connectivity index (χ4v) is 2.53. The summed E-state index contributed by atoms with van der Waals surface area (Å²) in [6.45, 7) is 0. The first-order chi connectivity index (χ1) is 7.68. The highest BCUT2D eigenvalue weighted by atomic mass is 16.1. The minimum absolute atomic E-state index is 0.203.